The highest BCUT2D eigenvalue weighted by molar-refractivity contribution is 9.10. The Kier molecular flexibility index (Phi) is 5.25. The van der Waals surface area contributed by atoms with E-state index in [1.807, 2.05) is 0 Å². The van der Waals surface area contributed by atoms with E-state index in [4.69, 9.17) is 9.05 Å². The van der Waals surface area contributed by atoms with Crippen molar-refractivity contribution in [2.45, 2.75) is 13.8 Å². The molecule has 0 saturated heterocycles. The Morgan fingerprint density at radius 2 is 1.59 bits per heavy atom. The van der Waals surface area contributed by atoms with E-state index in [-0.39, 0.29) is 17.7 Å². The molecular weight excluding hydrogens is 317 g/mol. The maximum absolute atomic E-state index is 13.7. The van der Waals surface area contributed by atoms with Crippen LogP contribution in [-0.4, -0.2) is 13.2 Å². The minimum atomic E-state index is -3.94. The van der Waals surface area contributed by atoms with Gasteiger partial charge in [-0.1, -0.05) is 15.9 Å². The van der Waals surface area contributed by atoms with Crippen LogP contribution in [0.2, 0.25) is 0 Å². The number of benzene rings is 1. The molecule has 3 nitrogen and oxygen atoms in total. The fraction of sp³-hybridized carbons (Fsp3) is 0.400. The van der Waals surface area contributed by atoms with Crippen molar-refractivity contribution in [3.8, 4) is 0 Å². The zero-order valence-electron chi connectivity index (χ0n) is 9.37. The number of rotatable bonds is 5. The highest BCUT2D eigenvalue weighted by Gasteiger charge is 2.34. The standard InChI is InChI=1S/C10H12BrF2O3P/c1-3-15-17(14,16-4-2)10-8(12)5-7(11)6-9(10)13/h5-6H,3-4H2,1-2H3. The molecule has 0 aromatic heterocycles. The van der Waals surface area contributed by atoms with Crippen LogP contribution in [0.3, 0.4) is 0 Å². The second-order valence-electron chi connectivity index (χ2n) is 3.05. The number of halogens is 3. The van der Waals surface area contributed by atoms with Crippen LogP contribution in [0.4, 0.5) is 8.78 Å². The summed E-state index contributed by atoms with van der Waals surface area (Å²) >= 11 is 2.94. The lowest BCUT2D eigenvalue weighted by atomic mass is 10.3. The van der Waals surface area contributed by atoms with E-state index < -0.39 is 24.5 Å². The van der Waals surface area contributed by atoms with Gasteiger partial charge in [-0.05, 0) is 26.0 Å². The zero-order valence-corrected chi connectivity index (χ0v) is 11.9. The highest BCUT2D eigenvalue weighted by Crippen LogP contribution is 2.48. The Balaban J connectivity index is 3.33. The Morgan fingerprint density at radius 3 is 1.94 bits per heavy atom. The van der Waals surface area contributed by atoms with Crippen molar-refractivity contribution in [3.05, 3.63) is 28.2 Å². The summed E-state index contributed by atoms with van der Waals surface area (Å²) in [6.07, 6.45) is 0. The molecular formula is C10H12BrF2O3P. The summed E-state index contributed by atoms with van der Waals surface area (Å²) in [7, 11) is -3.94. The smallest absolute Gasteiger partial charge is 0.305 e. The van der Waals surface area contributed by atoms with Crippen molar-refractivity contribution in [3.63, 3.8) is 0 Å². The molecule has 96 valence electrons. The summed E-state index contributed by atoms with van der Waals surface area (Å²) in [5, 5.41) is -0.649. The van der Waals surface area contributed by atoms with E-state index in [1.54, 1.807) is 13.8 Å². The van der Waals surface area contributed by atoms with E-state index in [0.29, 0.717) is 0 Å². The van der Waals surface area contributed by atoms with Crippen molar-refractivity contribution in [1.82, 2.24) is 0 Å². The fourth-order valence-electron chi connectivity index (χ4n) is 1.30. The molecule has 0 heterocycles. The van der Waals surface area contributed by atoms with Crippen LogP contribution in [0.25, 0.3) is 0 Å². The van der Waals surface area contributed by atoms with Crippen LogP contribution in [0, 0.1) is 11.6 Å². The van der Waals surface area contributed by atoms with E-state index >= 15 is 0 Å². The van der Waals surface area contributed by atoms with Gasteiger partial charge in [-0.25, -0.2) is 8.78 Å². The van der Waals surface area contributed by atoms with E-state index in [1.165, 1.54) is 0 Å². The molecule has 1 aromatic carbocycles. The van der Waals surface area contributed by atoms with Crippen molar-refractivity contribution in [2.75, 3.05) is 13.2 Å². The van der Waals surface area contributed by atoms with Gasteiger partial charge >= 0.3 is 7.60 Å². The SMILES string of the molecule is CCOP(=O)(OCC)c1c(F)cc(Br)cc1F. The second kappa shape index (κ2) is 6.05. The molecule has 0 radical (unpaired) electrons. The summed E-state index contributed by atoms with van der Waals surface area (Å²) < 4.78 is 49.5. The van der Waals surface area contributed by atoms with Crippen LogP contribution in [-0.2, 0) is 13.6 Å². The molecule has 0 atom stereocenters. The number of hydrogen-bond donors (Lipinski definition) is 0. The maximum atomic E-state index is 13.7. The molecule has 0 amide bonds. The van der Waals surface area contributed by atoms with Crippen LogP contribution >= 0.6 is 23.5 Å². The first-order valence-corrected chi connectivity index (χ1v) is 7.32. The van der Waals surface area contributed by atoms with Gasteiger partial charge in [0.25, 0.3) is 0 Å². The Bertz CT molecular complexity index is 420. The molecule has 0 fully saturated rings. The summed E-state index contributed by atoms with van der Waals surface area (Å²) in [4.78, 5) is 0. The molecule has 7 heteroatoms. The lowest BCUT2D eigenvalue weighted by molar-refractivity contribution is 0.228. The molecule has 0 bridgehead atoms. The van der Waals surface area contributed by atoms with Crippen LogP contribution < -0.4 is 5.30 Å². The van der Waals surface area contributed by atoms with E-state index in [0.717, 1.165) is 12.1 Å². The highest BCUT2D eigenvalue weighted by atomic mass is 79.9. The molecule has 0 aliphatic heterocycles. The second-order valence-corrected chi connectivity index (χ2v) is 5.93. The predicted molar refractivity (Wildman–Crippen MR) is 64.6 cm³/mol. The molecule has 0 spiro atoms. The predicted octanol–water partition coefficient (Wildman–Crippen LogP) is 3.62. The van der Waals surface area contributed by atoms with Gasteiger partial charge in [0.2, 0.25) is 0 Å². The van der Waals surface area contributed by atoms with Gasteiger partial charge in [-0.3, -0.25) is 4.57 Å². The quantitative estimate of drug-likeness (QED) is 0.774. The van der Waals surface area contributed by atoms with E-state index in [9.17, 15) is 13.3 Å². The van der Waals surface area contributed by atoms with Gasteiger partial charge in [0.1, 0.15) is 16.9 Å². The summed E-state index contributed by atoms with van der Waals surface area (Å²) in [5.74, 6) is -1.91. The lowest BCUT2D eigenvalue weighted by Crippen LogP contribution is -2.18. The molecule has 0 N–H and O–H groups in total. The Hall–Kier alpha value is -0.290. The third kappa shape index (κ3) is 3.35. The fourth-order valence-corrected chi connectivity index (χ4v) is 3.37. The third-order valence-corrected chi connectivity index (χ3v) is 4.48. The van der Waals surface area contributed by atoms with Crippen molar-refractivity contribution in [2.24, 2.45) is 0 Å². The first kappa shape index (κ1) is 14.8. The van der Waals surface area contributed by atoms with Crippen molar-refractivity contribution < 1.29 is 22.4 Å². The lowest BCUT2D eigenvalue weighted by Gasteiger charge is -2.18. The molecule has 0 aliphatic carbocycles. The average molecular weight is 329 g/mol. The molecule has 1 rings (SSSR count). The summed E-state index contributed by atoms with van der Waals surface area (Å²) in [6.45, 7) is 3.21. The summed E-state index contributed by atoms with van der Waals surface area (Å²) in [5.41, 5.74) is 0. The normalized spacial score (nSPS) is 11.8. The summed E-state index contributed by atoms with van der Waals surface area (Å²) in [6, 6.07) is 2.03. The zero-order chi connectivity index (χ0) is 13.1. The molecule has 0 saturated carbocycles. The number of hydrogen-bond acceptors (Lipinski definition) is 3. The van der Waals surface area contributed by atoms with Gasteiger partial charge in [0, 0.05) is 4.47 Å². The van der Waals surface area contributed by atoms with Crippen molar-refractivity contribution >= 4 is 28.8 Å². The first-order chi connectivity index (χ1) is 7.94. The van der Waals surface area contributed by atoms with Gasteiger partial charge < -0.3 is 9.05 Å². The molecule has 17 heavy (non-hydrogen) atoms. The van der Waals surface area contributed by atoms with Gasteiger partial charge in [-0.2, -0.15) is 0 Å². The minimum absolute atomic E-state index is 0.0340. The first-order valence-electron chi connectivity index (χ1n) is 4.98. The van der Waals surface area contributed by atoms with Gasteiger partial charge in [-0.15, -0.1) is 0 Å². The van der Waals surface area contributed by atoms with Crippen LogP contribution in [0.5, 0.6) is 0 Å². The average Bonchev–Trinajstić information content (AvgIpc) is 2.15. The largest absolute Gasteiger partial charge is 0.367 e. The minimum Gasteiger partial charge on any atom is -0.305 e. The molecule has 1 aromatic rings. The topological polar surface area (TPSA) is 35.5 Å². The van der Waals surface area contributed by atoms with Gasteiger partial charge in [0.15, 0.2) is 0 Å². The van der Waals surface area contributed by atoms with Crippen molar-refractivity contribution in [1.29, 1.82) is 0 Å². The maximum Gasteiger partial charge on any atom is 0.367 e. The molecule has 0 unspecified atom stereocenters. The Morgan fingerprint density at radius 1 is 1.18 bits per heavy atom. The van der Waals surface area contributed by atoms with Crippen LogP contribution in [0.15, 0.2) is 16.6 Å². The Labute approximate surface area is 107 Å². The third-order valence-electron chi connectivity index (χ3n) is 1.85. The monoisotopic (exact) mass is 328 g/mol. The van der Waals surface area contributed by atoms with Gasteiger partial charge in [0.05, 0.1) is 13.2 Å². The van der Waals surface area contributed by atoms with E-state index in [2.05, 4.69) is 15.9 Å². The molecule has 0 aliphatic rings. The van der Waals surface area contributed by atoms with Crippen LogP contribution in [0.1, 0.15) is 13.8 Å².